The molecule has 3 aromatic rings. The van der Waals surface area contributed by atoms with Crippen LogP contribution in [0.1, 0.15) is 40.5 Å². The number of carboxylic acid groups (broad SMARTS) is 1. The lowest BCUT2D eigenvalue weighted by atomic mass is 9.99. The Kier molecular flexibility index (Phi) is 5.41. The minimum Gasteiger partial charge on any atom is -0.478 e. The molecule has 5 nitrogen and oxygen atoms in total. The number of carboxylic acids is 1. The number of fused-ring (bicyclic) bond motifs is 1. The molecule has 2 atom stereocenters. The van der Waals surface area contributed by atoms with E-state index in [1.54, 1.807) is 35.2 Å². The Bertz CT molecular complexity index is 956. The topological polar surface area (TPSA) is 76.0 Å². The van der Waals surface area contributed by atoms with Crippen LogP contribution in [0.3, 0.4) is 0 Å². The molecule has 0 aliphatic heterocycles. The van der Waals surface area contributed by atoms with Crippen molar-refractivity contribution in [1.29, 1.82) is 0 Å². The van der Waals surface area contributed by atoms with Gasteiger partial charge in [-0.3, -0.25) is 0 Å². The van der Waals surface area contributed by atoms with E-state index in [9.17, 15) is 4.79 Å². The molecule has 2 aromatic heterocycles. The number of nitrogens with zero attached hydrogens (tertiary/aromatic N) is 3. The molecule has 0 radical (unpaired) electrons. The highest BCUT2D eigenvalue weighted by atomic mass is 32.2. The van der Waals surface area contributed by atoms with Crippen LogP contribution in [0.2, 0.25) is 0 Å². The average molecular weight is 400 g/mol. The first kappa shape index (κ1) is 18.4. The minimum absolute atomic E-state index is 0.325. The van der Waals surface area contributed by atoms with Gasteiger partial charge in [-0.05, 0) is 55.6 Å². The highest BCUT2D eigenvalue weighted by molar-refractivity contribution is 7.98. The van der Waals surface area contributed by atoms with E-state index in [4.69, 9.17) is 10.1 Å². The van der Waals surface area contributed by atoms with E-state index in [1.165, 1.54) is 19.3 Å². The summed E-state index contributed by atoms with van der Waals surface area (Å²) in [5.74, 6) is 1.33. The fourth-order valence-corrected chi connectivity index (χ4v) is 5.24. The van der Waals surface area contributed by atoms with Crippen molar-refractivity contribution in [2.24, 2.45) is 11.8 Å². The van der Waals surface area contributed by atoms with Gasteiger partial charge in [-0.2, -0.15) is 0 Å². The zero-order valence-electron chi connectivity index (χ0n) is 15.1. The number of hydrogen-bond donors (Lipinski definition) is 1. The van der Waals surface area contributed by atoms with Gasteiger partial charge in [0.25, 0.3) is 0 Å². The Hall–Kier alpha value is -1.99. The zero-order valence-corrected chi connectivity index (χ0v) is 16.7. The maximum absolute atomic E-state index is 11.1. The van der Waals surface area contributed by atoms with Crippen LogP contribution in [0.4, 0.5) is 0 Å². The molecule has 0 saturated heterocycles. The van der Waals surface area contributed by atoms with Crippen molar-refractivity contribution < 1.29 is 9.90 Å². The Labute approximate surface area is 166 Å². The van der Waals surface area contributed by atoms with Crippen LogP contribution in [0.15, 0.2) is 35.5 Å². The van der Waals surface area contributed by atoms with Crippen LogP contribution in [0.5, 0.6) is 0 Å². The van der Waals surface area contributed by atoms with Gasteiger partial charge in [0.15, 0.2) is 0 Å². The monoisotopic (exact) mass is 399 g/mol. The summed E-state index contributed by atoms with van der Waals surface area (Å²) in [6.07, 6.45) is 11.4. The molecule has 1 fully saturated rings. The number of hydrogen-bond acceptors (Lipinski definition) is 6. The van der Waals surface area contributed by atoms with Crippen molar-refractivity contribution in [3.63, 3.8) is 0 Å². The van der Waals surface area contributed by atoms with E-state index in [1.807, 2.05) is 24.7 Å². The van der Waals surface area contributed by atoms with Crippen molar-refractivity contribution >= 4 is 39.3 Å². The highest BCUT2D eigenvalue weighted by Crippen LogP contribution is 2.36. The predicted octanol–water partition coefficient (Wildman–Crippen LogP) is 4.71. The summed E-state index contributed by atoms with van der Waals surface area (Å²) >= 11 is 3.29. The van der Waals surface area contributed by atoms with E-state index < -0.39 is 5.97 Å². The summed E-state index contributed by atoms with van der Waals surface area (Å²) in [6.45, 7) is 0. The molecular weight excluding hydrogens is 378 g/mol. The molecule has 0 bridgehead atoms. The standard InChI is InChI=1S/C20H21N3O2S2/c1-26-15-10-21-18(22-11-15)7-12-2-3-13(6-12)8-19-23-16-5-4-14(20(24)25)9-17(16)27-19/h4-5,9-13H,2-3,6-8H2,1H3,(H,24,25)/t12-,13-/m0/s1. The smallest absolute Gasteiger partial charge is 0.335 e. The van der Waals surface area contributed by atoms with Gasteiger partial charge in [-0.15, -0.1) is 23.1 Å². The van der Waals surface area contributed by atoms with E-state index in [0.717, 1.165) is 38.8 Å². The predicted molar refractivity (Wildman–Crippen MR) is 109 cm³/mol. The molecule has 7 heteroatoms. The maximum Gasteiger partial charge on any atom is 0.335 e. The first-order valence-electron chi connectivity index (χ1n) is 9.08. The van der Waals surface area contributed by atoms with Gasteiger partial charge in [0.1, 0.15) is 5.82 Å². The molecule has 4 rings (SSSR count). The number of thiazole rings is 1. The molecule has 1 aromatic carbocycles. The van der Waals surface area contributed by atoms with Crippen molar-refractivity contribution in [3.8, 4) is 0 Å². The van der Waals surface area contributed by atoms with Crippen molar-refractivity contribution in [2.45, 2.75) is 37.0 Å². The first-order valence-corrected chi connectivity index (χ1v) is 11.1. The van der Waals surface area contributed by atoms with Crippen LogP contribution in [-0.4, -0.2) is 32.3 Å². The van der Waals surface area contributed by atoms with Crippen LogP contribution >= 0.6 is 23.1 Å². The summed E-state index contributed by atoms with van der Waals surface area (Å²) in [5.41, 5.74) is 1.22. The van der Waals surface area contributed by atoms with E-state index >= 15 is 0 Å². The number of aromatic nitrogens is 3. The van der Waals surface area contributed by atoms with E-state index in [-0.39, 0.29) is 0 Å². The SMILES string of the molecule is CSc1cnc(C[C@H]2CC[C@H](Cc3nc4ccc(C(=O)O)cc4s3)C2)nc1. The van der Waals surface area contributed by atoms with Gasteiger partial charge in [0.2, 0.25) is 0 Å². The highest BCUT2D eigenvalue weighted by Gasteiger charge is 2.26. The second kappa shape index (κ2) is 7.94. The Balaban J connectivity index is 1.37. The third-order valence-electron chi connectivity index (χ3n) is 5.18. The van der Waals surface area contributed by atoms with Gasteiger partial charge in [0.05, 0.1) is 20.8 Å². The molecule has 140 valence electrons. The van der Waals surface area contributed by atoms with Crippen molar-refractivity contribution in [1.82, 2.24) is 15.0 Å². The lowest BCUT2D eigenvalue weighted by Gasteiger charge is -2.09. The van der Waals surface area contributed by atoms with Crippen LogP contribution in [-0.2, 0) is 12.8 Å². The number of thioether (sulfide) groups is 1. The zero-order chi connectivity index (χ0) is 18.8. The maximum atomic E-state index is 11.1. The normalized spacial score (nSPS) is 19.6. The minimum atomic E-state index is -0.890. The molecule has 2 heterocycles. The molecule has 0 spiro atoms. The summed E-state index contributed by atoms with van der Waals surface area (Å²) in [7, 11) is 0. The molecule has 0 amide bonds. The first-order chi connectivity index (χ1) is 13.1. The van der Waals surface area contributed by atoms with Crippen molar-refractivity contribution in [2.75, 3.05) is 6.26 Å². The summed E-state index contributed by atoms with van der Waals surface area (Å²) in [4.78, 5) is 25.9. The van der Waals surface area contributed by atoms with Gasteiger partial charge in [0, 0.05) is 30.1 Å². The van der Waals surface area contributed by atoms with Gasteiger partial charge < -0.3 is 5.11 Å². The number of carbonyl (C=O) groups is 1. The average Bonchev–Trinajstić information content (AvgIpc) is 3.27. The second-order valence-electron chi connectivity index (χ2n) is 7.09. The number of benzene rings is 1. The Morgan fingerprint density at radius 1 is 1.22 bits per heavy atom. The molecular formula is C20H21N3O2S2. The van der Waals surface area contributed by atoms with E-state index in [2.05, 4.69) is 9.97 Å². The number of aromatic carboxylic acids is 1. The molecule has 1 aliphatic carbocycles. The lowest BCUT2D eigenvalue weighted by Crippen LogP contribution is -2.05. The summed E-state index contributed by atoms with van der Waals surface area (Å²) < 4.78 is 0.960. The molecule has 27 heavy (non-hydrogen) atoms. The van der Waals surface area contributed by atoms with Gasteiger partial charge in [-0.25, -0.2) is 19.7 Å². The summed E-state index contributed by atoms with van der Waals surface area (Å²) in [5, 5.41) is 10.2. The van der Waals surface area contributed by atoms with Crippen LogP contribution < -0.4 is 0 Å². The lowest BCUT2D eigenvalue weighted by molar-refractivity contribution is 0.0697. The molecule has 1 aliphatic rings. The molecule has 1 saturated carbocycles. The quantitative estimate of drug-likeness (QED) is 0.605. The van der Waals surface area contributed by atoms with E-state index in [0.29, 0.717) is 17.4 Å². The number of rotatable bonds is 6. The van der Waals surface area contributed by atoms with Crippen LogP contribution in [0.25, 0.3) is 10.2 Å². The van der Waals surface area contributed by atoms with Crippen LogP contribution in [0, 0.1) is 11.8 Å². The molecule has 1 N–H and O–H groups in total. The third kappa shape index (κ3) is 4.30. The third-order valence-corrected chi connectivity index (χ3v) is 6.90. The fourth-order valence-electron chi connectivity index (χ4n) is 3.80. The Morgan fingerprint density at radius 2 is 1.96 bits per heavy atom. The molecule has 0 unspecified atom stereocenters. The second-order valence-corrected chi connectivity index (χ2v) is 9.08. The van der Waals surface area contributed by atoms with Gasteiger partial charge in [-0.1, -0.05) is 0 Å². The Morgan fingerprint density at radius 3 is 2.67 bits per heavy atom. The largest absolute Gasteiger partial charge is 0.478 e. The fraction of sp³-hybridized carbons (Fsp3) is 0.400. The van der Waals surface area contributed by atoms with Gasteiger partial charge >= 0.3 is 5.97 Å². The summed E-state index contributed by atoms with van der Waals surface area (Å²) in [6, 6.07) is 5.17. The van der Waals surface area contributed by atoms with Crippen molar-refractivity contribution in [3.05, 3.63) is 47.0 Å².